The van der Waals surface area contributed by atoms with Crippen molar-refractivity contribution in [3.63, 3.8) is 0 Å². The Morgan fingerprint density at radius 1 is 1.31 bits per heavy atom. The minimum Gasteiger partial charge on any atom is -0.489 e. The minimum atomic E-state index is -0.894. The highest BCUT2D eigenvalue weighted by Gasteiger charge is 2.19. The van der Waals surface area contributed by atoms with Crippen LogP contribution in [0.5, 0.6) is 11.5 Å². The Kier molecular flexibility index (Phi) is 6.82. The Bertz CT molecular complexity index is 1010. The average Bonchev–Trinajstić information content (AvgIpc) is 3.24. The topological polar surface area (TPSA) is 92.4 Å². The van der Waals surface area contributed by atoms with E-state index in [2.05, 4.69) is 10.4 Å². The van der Waals surface area contributed by atoms with Crippen molar-refractivity contribution in [1.82, 2.24) is 4.37 Å². The fourth-order valence-corrected chi connectivity index (χ4v) is 3.40. The molecule has 0 bridgehead atoms. The number of nitrogens with zero attached hydrogens (tertiary/aromatic N) is 2. The van der Waals surface area contributed by atoms with Crippen LogP contribution < -0.4 is 9.47 Å². The van der Waals surface area contributed by atoms with E-state index in [0.29, 0.717) is 23.7 Å². The molecule has 1 atom stereocenters. The fourth-order valence-electron chi connectivity index (χ4n) is 2.88. The second-order valence-electron chi connectivity index (χ2n) is 6.49. The third kappa shape index (κ3) is 5.56. The first-order valence-electron chi connectivity index (χ1n) is 9.06. The molecule has 6 nitrogen and oxygen atoms in total. The monoisotopic (exact) mass is 408 g/mol. The molecule has 1 heterocycles. The molecular weight excluding hydrogens is 388 g/mol. The Morgan fingerprint density at radius 3 is 2.83 bits per heavy atom. The lowest BCUT2D eigenvalue weighted by Gasteiger charge is -2.22. The van der Waals surface area contributed by atoms with Crippen LogP contribution in [0.25, 0.3) is 0 Å². The first kappa shape index (κ1) is 20.4. The lowest BCUT2D eigenvalue weighted by Crippen LogP contribution is -2.12. The summed E-state index contributed by atoms with van der Waals surface area (Å²) in [6.07, 6.45) is 1.50. The summed E-state index contributed by atoms with van der Waals surface area (Å²) in [6.45, 7) is 2.31. The van der Waals surface area contributed by atoms with Gasteiger partial charge >= 0.3 is 5.97 Å². The highest BCUT2D eigenvalue weighted by molar-refractivity contribution is 7.03. The number of nitriles is 1. The first-order valence-corrected chi connectivity index (χ1v) is 9.89. The van der Waals surface area contributed by atoms with Crippen molar-refractivity contribution in [1.29, 1.82) is 5.26 Å². The van der Waals surface area contributed by atoms with Crippen molar-refractivity contribution in [3.8, 4) is 17.6 Å². The molecule has 3 rings (SSSR count). The van der Waals surface area contributed by atoms with Crippen LogP contribution in [0.2, 0.25) is 0 Å². The molecular formula is C22H20N2O4S. The van der Waals surface area contributed by atoms with Crippen LogP contribution in [0, 0.1) is 18.3 Å². The van der Waals surface area contributed by atoms with Gasteiger partial charge in [0.05, 0.1) is 5.56 Å². The van der Waals surface area contributed by atoms with E-state index in [-0.39, 0.29) is 12.8 Å². The molecule has 0 aliphatic carbocycles. The van der Waals surface area contributed by atoms with Gasteiger partial charge < -0.3 is 14.6 Å². The van der Waals surface area contributed by atoms with Gasteiger partial charge in [0.2, 0.25) is 0 Å². The predicted octanol–water partition coefficient (Wildman–Crippen LogP) is 4.89. The Hall–Kier alpha value is -3.37. The molecule has 2 aromatic carbocycles. The van der Waals surface area contributed by atoms with Crippen LogP contribution in [0.1, 0.15) is 41.2 Å². The van der Waals surface area contributed by atoms with Gasteiger partial charge in [0.25, 0.3) is 0 Å². The molecule has 1 aromatic heterocycles. The smallest absolute Gasteiger partial charge is 0.303 e. The van der Waals surface area contributed by atoms with E-state index in [1.165, 1.54) is 11.5 Å². The maximum Gasteiger partial charge on any atom is 0.303 e. The van der Waals surface area contributed by atoms with E-state index in [9.17, 15) is 10.1 Å². The van der Waals surface area contributed by atoms with Crippen LogP contribution in [0.4, 0.5) is 0 Å². The Morgan fingerprint density at radius 2 is 2.14 bits per heavy atom. The van der Waals surface area contributed by atoms with Gasteiger partial charge in [-0.1, -0.05) is 24.3 Å². The number of carboxylic acids is 1. The van der Waals surface area contributed by atoms with Crippen LogP contribution in [-0.2, 0) is 11.4 Å². The zero-order valence-electron chi connectivity index (χ0n) is 15.9. The summed E-state index contributed by atoms with van der Waals surface area (Å²) in [7, 11) is 0. The van der Waals surface area contributed by atoms with Crippen LogP contribution >= 0.6 is 11.5 Å². The van der Waals surface area contributed by atoms with E-state index < -0.39 is 12.1 Å². The van der Waals surface area contributed by atoms with Crippen molar-refractivity contribution in [2.45, 2.75) is 32.5 Å². The summed E-state index contributed by atoms with van der Waals surface area (Å²) in [5, 5.41) is 20.5. The number of rotatable bonds is 9. The van der Waals surface area contributed by atoms with Crippen molar-refractivity contribution in [2.75, 3.05) is 0 Å². The number of benzene rings is 2. The summed E-state index contributed by atoms with van der Waals surface area (Å²) >= 11 is 1.35. The third-order valence-corrected chi connectivity index (χ3v) is 5.02. The average molecular weight is 408 g/mol. The van der Waals surface area contributed by atoms with E-state index in [0.717, 1.165) is 16.7 Å². The number of carboxylic acid groups (broad SMARTS) is 1. The van der Waals surface area contributed by atoms with Crippen molar-refractivity contribution < 1.29 is 19.4 Å². The SMILES string of the molecule is Cc1ccccc1[C@@H](CCC(=O)O)Oc1cc(OCc2cnsc2)ccc1C#N. The van der Waals surface area contributed by atoms with E-state index in [1.54, 1.807) is 24.4 Å². The van der Waals surface area contributed by atoms with Gasteiger partial charge in [-0.2, -0.15) is 5.26 Å². The first-order chi connectivity index (χ1) is 14.1. The summed E-state index contributed by atoms with van der Waals surface area (Å²) in [5.74, 6) is 0.0354. The molecule has 7 heteroatoms. The van der Waals surface area contributed by atoms with Gasteiger partial charge in [-0.3, -0.25) is 4.79 Å². The van der Waals surface area contributed by atoms with Gasteiger partial charge in [-0.05, 0) is 48.1 Å². The quantitative estimate of drug-likeness (QED) is 0.542. The molecule has 0 radical (unpaired) electrons. The number of hydrogen-bond acceptors (Lipinski definition) is 6. The highest BCUT2D eigenvalue weighted by atomic mass is 32.1. The second kappa shape index (κ2) is 9.71. The van der Waals surface area contributed by atoms with Gasteiger partial charge in [-0.25, -0.2) is 4.37 Å². The van der Waals surface area contributed by atoms with E-state index in [4.69, 9.17) is 14.6 Å². The standard InChI is InChI=1S/C22H20N2O4S/c1-15-4-2-3-5-19(15)20(8-9-22(25)26)28-21-10-18(7-6-17(21)11-23)27-13-16-12-24-29-14-16/h2-7,10,12,14,20H,8-9,13H2,1H3,(H,25,26)/t20-/m1/s1. The predicted molar refractivity (Wildman–Crippen MR) is 109 cm³/mol. The Balaban J connectivity index is 1.85. The molecule has 0 saturated carbocycles. The normalized spacial score (nSPS) is 11.4. The maximum atomic E-state index is 11.1. The number of aliphatic carboxylic acids is 1. The van der Waals surface area contributed by atoms with Crippen LogP contribution in [-0.4, -0.2) is 15.4 Å². The summed E-state index contributed by atoms with van der Waals surface area (Å²) in [5.41, 5.74) is 3.22. The third-order valence-electron chi connectivity index (χ3n) is 4.39. The number of hydrogen-bond donors (Lipinski definition) is 1. The lowest BCUT2D eigenvalue weighted by atomic mass is 9.99. The molecule has 3 aromatic rings. The molecule has 0 saturated heterocycles. The second-order valence-corrected chi connectivity index (χ2v) is 7.14. The highest BCUT2D eigenvalue weighted by Crippen LogP contribution is 2.32. The van der Waals surface area contributed by atoms with Gasteiger partial charge in [0.1, 0.15) is 30.3 Å². The molecule has 0 unspecified atom stereocenters. The molecule has 1 N–H and O–H groups in total. The summed E-state index contributed by atoms with van der Waals surface area (Å²) in [6, 6.07) is 14.8. The van der Waals surface area contributed by atoms with Crippen LogP contribution in [0.15, 0.2) is 54.0 Å². The number of ether oxygens (including phenoxy) is 2. The molecule has 29 heavy (non-hydrogen) atoms. The molecule has 0 amide bonds. The van der Waals surface area contributed by atoms with Crippen molar-refractivity contribution in [3.05, 3.63) is 76.3 Å². The van der Waals surface area contributed by atoms with Gasteiger partial charge in [0.15, 0.2) is 0 Å². The number of aromatic nitrogens is 1. The molecule has 0 aliphatic rings. The molecule has 0 spiro atoms. The van der Waals surface area contributed by atoms with Crippen molar-refractivity contribution >= 4 is 17.5 Å². The zero-order valence-corrected chi connectivity index (χ0v) is 16.7. The zero-order chi connectivity index (χ0) is 20.6. The van der Waals surface area contributed by atoms with Gasteiger partial charge in [-0.15, -0.1) is 0 Å². The summed E-state index contributed by atoms with van der Waals surface area (Å²) in [4.78, 5) is 11.1. The van der Waals surface area contributed by atoms with Crippen molar-refractivity contribution in [2.24, 2.45) is 0 Å². The summed E-state index contributed by atoms with van der Waals surface area (Å²) < 4.78 is 16.0. The van der Waals surface area contributed by atoms with E-state index in [1.807, 2.05) is 36.6 Å². The minimum absolute atomic E-state index is 0.0394. The van der Waals surface area contributed by atoms with Crippen LogP contribution in [0.3, 0.4) is 0 Å². The molecule has 0 aliphatic heterocycles. The lowest BCUT2D eigenvalue weighted by molar-refractivity contribution is -0.137. The molecule has 0 fully saturated rings. The number of carbonyl (C=O) groups is 1. The largest absolute Gasteiger partial charge is 0.489 e. The Labute approximate surface area is 173 Å². The van der Waals surface area contributed by atoms with E-state index >= 15 is 0 Å². The number of aryl methyl sites for hydroxylation is 1. The molecule has 148 valence electrons. The maximum absolute atomic E-state index is 11.1. The fraction of sp³-hybridized carbons (Fsp3) is 0.227. The van der Waals surface area contributed by atoms with Gasteiger partial charge in [0, 0.05) is 29.6 Å².